The van der Waals surface area contributed by atoms with Gasteiger partial charge in [-0.2, -0.15) is 18.4 Å². The second-order valence-electron chi connectivity index (χ2n) is 7.49. The fourth-order valence-corrected chi connectivity index (χ4v) is 3.51. The molecule has 0 atom stereocenters. The number of pyridine rings is 1. The van der Waals surface area contributed by atoms with Crippen molar-refractivity contribution >= 4 is 0 Å². The van der Waals surface area contributed by atoms with E-state index in [9.17, 15) is 32.0 Å². The molecule has 0 bridgehead atoms. The van der Waals surface area contributed by atoms with E-state index in [0.717, 1.165) is 16.7 Å². The quantitative estimate of drug-likeness (QED) is 0.304. The van der Waals surface area contributed by atoms with Crippen LogP contribution in [0, 0.1) is 23.0 Å². The van der Waals surface area contributed by atoms with Crippen LogP contribution < -0.4 is 10.3 Å². The van der Waals surface area contributed by atoms with Crippen LogP contribution in [-0.4, -0.2) is 4.57 Å². The number of rotatable bonds is 5. The van der Waals surface area contributed by atoms with Crippen LogP contribution in [-0.2, 0) is 12.7 Å². The summed E-state index contributed by atoms with van der Waals surface area (Å²) in [6, 6.07) is 19.3. The molecule has 4 nitrogen and oxygen atoms in total. The first-order chi connectivity index (χ1) is 16.7. The van der Waals surface area contributed by atoms with Gasteiger partial charge in [-0.3, -0.25) is 4.79 Å². The highest BCUT2D eigenvalue weighted by Gasteiger charge is 2.36. The van der Waals surface area contributed by atoms with E-state index in [1.165, 1.54) is 30.3 Å². The van der Waals surface area contributed by atoms with E-state index in [2.05, 4.69) is 0 Å². The average Bonchev–Trinajstić information content (AvgIpc) is 2.82. The Balaban J connectivity index is 1.84. The van der Waals surface area contributed by atoms with Gasteiger partial charge < -0.3 is 9.30 Å². The van der Waals surface area contributed by atoms with Crippen molar-refractivity contribution in [2.24, 2.45) is 0 Å². The van der Waals surface area contributed by atoms with Gasteiger partial charge in [-0.1, -0.05) is 24.3 Å². The van der Waals surface area contributed by atoms with Gasteiger partial charge in [0.15, 0.2) is 0 Å². The summed E-state index contributed by atoms with van der Waals surface area (Å²) in [4.78, 5) is 13.0. The molecular weight excluding hydrogens is 467 g/mol. The normalized spacial score (nSPS) is 11.2. The Morgan fingerprint density at radius 2 is 1.54 bits per heavy atom. The van der Waals surface area contributed by atoms with E-state index in [-0.39, 0.29) is 16.8 Å². The number of nitriles is 1. The number of alkyl halides is 3. The second-order valence-corrected chi connectivity index (χ2v) is 7.49. The first-order valence-electron chi connectivity index (χ1n) is 10.2. The van der Waals surface area contributed by atoms with Crippen molar-refractivity contribution in [2.45, 2.75) is 12.7 Å². The van der Waals surface area contributed by atoms with Crippen LogP contribution in [0.4, 0.5) is 22.0 Å². The zero-order valence-electron chi connectivity index (χ0n) is 17.8. The molecule has 176 valence electrons. The lowest BCUT2D eigenvalue weighted by Crippen LogP contribution is -2.29. The minimum Gasteiger partial charge on any atom is -0.457 e. The van der Waals surface area contributed by atoms with Gasteiger partial charge in [-0.05, 0) is 54.1 Å². The van der Waals surface area contributed by atoms with Crippen molar-refractivity contribution < 1.29 is 26.7 Å². The van der Waals surface area contributed by atoms with E-state index >= 15 is 0 Å². The van der Waals surface area contributed by atoms with Crippen molar-refractivity contribution in [2.75, 3.05) is 0 Å². The van der Waals surface area contributed by atoms with Crippen molar-refractivity contribution in [3.8, 4) is 28.8 Å². The maximum atomic E-state index is 14.3. The minimum atomic E-state index is -4.98. The average molecular weight is 482 g/mol. The molecule has 1 aromatic heterocycles. The molecule has 0 fully saturated rings. The molecule has 0 aliphatic heterocycles. The Morgan fingerprint density at radius 1 is 0.886 bits per heavy atom. The van der Waals surface area contributed by atoms with Crippen LogP contribution in [0.25, 0.3) is 11.3 Å². The smallest absolute Gasteiger partial charge is 0.417 e. The molecular formula is C26H15F5N2O2. The van der Waals surface area contributed by atoms with Gasteiger partial charge >= 0.3 is 6.18 Å². The molecule has 0 saturated heterocycles. The van der Waals surface area contributed by atoms with Gasteiger partial charge in [-0.15, -0.1) is 0 Å². The number of para-hydroxylation sites is 1. The SMILES string of the molecule is N#Cc1c(C(F)(F)F)cc(-c2ccc(Oc3ccccc3)cc2)n(Cc2ccc(F)cc2F)c1=O. The summed E-state index contributed by atoms with van der Waals surface area (Å²) < 4.78 is 75.1. The summed E-state index contributed by atoms with van der Waals surface area (Å²) in [7, 11) is 0. The van der Waals surface area contributed by atoms with Gasteiger partial charge in [0, 0.05) is 11.6 Å². The Morgan fingerprint density at radius 3 is 2.14 bits per heavy atom. The summed E-state index contributed by atoms with van der Waals surface area (Å²) in [5, 5.41) is 9.28. The predicted molar refractivity (Wildman–Crippen MR) is 118 cm³/mol. The predicted octanol–water partition coefficient (Wildman–Crippen LogP) is 6.52. The molecule has 0 radical (unpaired) electrons. The summed E-state index contributed by atoms with van der Waals surface area (Å²) >= 11 is 0. The Hall–Kier alpha value is -4.45. The molecule has 0 saturated carbocycles. The van der Waals surface area contributed by atoms with Crippen molar-refractivity contribution in [1.82, 2.24) is 4.57 Å². The zero-order valence-corrected chi connectivity index (χ0v) is 17.8. The van der Waals surface area contributed by atoms with E-state index < -0.39 is 41.0 Å². The molecule has 4 aromatic rings. The summed E-state index contributed by atoms with van der Waals surface area (Å²) in [6.45, 7) is -0.518. The lowest BCUT2D eigenvalue weighted by molar-refractivity contribution is -0.137. The highest BCUT2D eigenvalue weighted by atomic mass is 19.4. The van der Waals surface area contributed by atoms with Crippen LogP contribution in [0.3, 0.4) is 0 Å². The third-order valence-corrected chi connectivity index (χ3v) is 5.19. The van der Waals surface area contributed by atoms with E-state index in [0.29, 0.717) is 23.6 Å². The number of nitrogens with zero attached hydrogens (tertiary/aromatic N) is 2. The van der Waals surface area contributed by atoms with E-state index in [1.807, 2.05) is 6.07 Å². The van der Waals surface area contributed by atoms with Crippen LogP contribution >= 0.6 is 0 Å². The number of benzene rings is 3. The van der Waals surface area contributed by atoms with Crippen molar-refractivity contribution in [3.05, 3.63) is 118 Å². The van der Waals surface area contributed by atoms with Crippen LogP contribution in [0.15, 0.2) is 83.7 Å². The molecule has 4 rings (SSSR count). The first-order valence-corrected chi connectivity index (χ1v) is 10.2. The molecule has 0 aliphatic rings. The fraction of sp³-hybridized carbons (Fsp3) is 0.0769. The van der Waals surface area contributed by atoms with Crippen molar-refractivity contribution in [3.63, 3.8) is 0 Å². The summed E-state index contributed by atoms with van der Waals surface area (Å²) in [5.41, 5.74) is -3.90. The standard InChI is InChI=1S/C26H15F5N2O2/c27-18-9-6-17(23(28)12-18)15-33-24(13-22(26(29,30)31)21(14-32)25(33)34)16-7-10-20(11-8-16)35-19-4-2-1-3-5-19/h1-13H,15H2. The van der Waals surface area contributed by atoms with Gasteiger partial charge in [0.05, 0.1) is 17.8 Å². The summed E-state index contributed by atoms with van der Waals surface area (Å²) in [6.07, 6.45) is -4.98. The first kappa shape index (κ1) is 23.7. The van der Waals surface area contributed by atoms with E-state index in [1.54, 1.807) is 24.3 Å². The monoisotopic (exact) mass is 482 g/mol. The molecule has 0 N–H and O–H groups in total. The lowest BCUT2D eigenvalue weighted by Gasteiger charge is -2.18. The van der Waals surface area contributed by atoms with Gasteiger partial charge in [0.2, 0.25) is 0 Å². The molecule has 3 aromatic carbocycles. The molecule has 9 heteroatoms. The number of ether oxygens (including phenoxy) is 1. The molecule has 0 spiro atoms. The highest BCUT2D eigenvalue weighted by Crippen LogP contribution is 2.34. The Kier molecular flexibility index (Phi) is 6.38. The molecule has 35 heavy (non-hydrogen) atoms. The Labute approximate surface area is 196 Å². The topological polar surface area (TPSA) is 55.0 Å². The number of hydrogen-bond donors (Lipinski definition) is 0. The van der Waals surface area contributed by atoms with Gasteiger partial charge in [-0.25, -0.2) is 8.78 Å². The van der Waals surface area contributed by atoms with Gasteiger partial charge in [0.25, 0.3) is 5.56 Å². The third-order valence-electron chi connectivity index (χ3n) is 5.19. The second kappa shape index (κ2) is 9.43. The van der Waals surface area contributed by atoms with Gasteiger partial charge in [0.1, 0.15) is 34.8 Å². The highest BCUT2D eigenvalue weighted by molar-refractivity contribution is 5.63. The third kappa shape index (κ3) is 5.06. The fourth-order valence-electron chi connectivity index (χ4n) is 3.51. The minimum absolute atomic E-state index is 0.137. The van der Waals surface area contributed by atoms with Crippen molar-refractivity contribution in [1.29, 1.82) is 5.26 Å². The Bertz CT molecular complexity index is 1470. The number of aromatic nitrogens is 1. The zero-order chi connectivity index (χ0) is 25.2. The number of halogens is 5. The van der Waals surface area contributed by atoms with Crippen LogP contribution in [0.2, 0.25) is 0 Å². The molecule has 0 amide bonds. The number of hydrogen-bond acceptors (Lipinski definition) is 3. The molecule has 1 heterocycles. The van der Waals surface area contributed by atoms with Crippen LogP contribution in [0.5, 0.6) is 11.5 Å². The molecule has 0 unspecified atom stereocenters. The molecule has 0 aliphatic carbocycles. The van der Waals surface area contributed by atoms with Crippen LogP contribution in [0.1, 0.15) is 16.7 Å². The lowest BCUT2D eigenvalue weighted by atomic mass is 10.0. The maximum absolute atomic E-state index is 14.3. The largest absolute Gasteiger partial charge is 0.457 e. The summed E-state index contributed by atoms with van der Waals surface area (Å²) in [5.74, 6) is -0.893. The maximum Gasteiger partial charge on any atom is 0.417 e. The van der Waals surface area contributed by atoms with E-state index in [4.69, 9.17) is 4.74 Å².